The standard InChI is InChI=1S/C10H15NO/c1-2-3-4-5-11-7-10-6-9(11)8-12-10/h1,9-10H,3-8H2. The summed E-state index contributed by atoms with van der Waals surface area (Å²) in [6, 6.07) is 0.702. The zero-order chi connectivity index (χ0) is 8.39. The van der Waals surface area contributed by atoms with Gasteiger partial charge in [0.15, 0.2) is 0 Å². The molecule has 2 heterocycles. The van der Waals surface area contributed by atoms with Crippen LogP contribution in [0.15, 0.2) is 0 Å². The lowest BCUT2D eigenvalue weighted by atomic mass is 10.2. The molecule has 2 saturated heterocycles. The fraction of sp³-hybridized carbons (Fsp3) is 0.800. The highest BCUT2D eigenvalue weighted by Crippen LogP contribution is 2.27. The highest BCUT2D eigenvalue weighted by molar-refractivity contribution is 4.92. The average molecular weight is 165 g/mol. The van der Waals surface area contributed by atoms with E-state index in [4.69, 9.17) is 11.2 Å². The number of ether oxygens (including phenoxy) is 1. The molecule has 2 aliphatic rings. The minimum absolute atomic E-state index is 0.529. The predicted molar refractivity (Wildman–Crippen MR) is 47.8 cm³/mol. The predicted octanol–water partition coefficient (Wildman–Crippen LogP) is 0.873. The van der Waals surface area contributed by atoms with Crippen LogP contribution in [-0.2, 0) is 4.74 Å². The second-order valence-electron chi connectivity index (χ2n) is 3.65. The molecule has 0 radical (unpaired) electrons. The van der Waals surface area contributed by atoms with E-state index in [1.54, 1.807) is 0 Å². The van der Waals surface area contributed by atoms with Gasteiger partial charge in [0.05, 0.1) is 12.7 Å². The summed E-state index contributed by atoms with van der Waals surface area (Å²) in [5, 5.41) is 0. The van der Waals surface area contributed by atoms with E-state index in [1.165, 1.54) is 6.42 Å². The topological polar surface area (TPSA) is 12.5 Å². The number of morpholine rings is 1. The van der Waals surface area contributed by atoms with Crippen LogP contribution in [0.3, 0.4) is 0 Å². The molecule has 2 aliphatic heterocycles. The third-order valence-corrected chi connectivity index (χ3v) is 2.78. The van der Waals surface area contributed by atoms with Gasteiger partial charge in [0.2, 0.25) is 0 Å². The van der Waals surface area contributed by atoms with Crippen LogP contribution in [0.4, 0.5) is 0 Å². The molecule has 12 heavy (non-hydrogen) atoms. The van der Waals surface area contributed by atoms with Gasteiger partial charge in [-0.2, -0.15) is 0 Å². The zero-order valence-electron chi connectivity index (χ0n) is 7.33. The van der Waals surface area contributed by atoms with Gasteiger partial charge >= 0.3 is 0 Å². The van der Waals surface area contributed by atoms with E-state index in [9.17, 15) is 0 Å². The van der Waals surface area contributed by atoms with Crippen molar-refractivity contribution in [1.29, 1.82) is 0 Å². The van der Waals surface area contributed by atoms with Crippen molar-refractivity contribution >= 4 is 0 Å². The first-order chi connectivity index (χ1) is 5.90. The second kappa shape index (κ2) is 3.47. The molecule has 0 aromatic carbocycles. The van der Waals surface area contributed by atoms with Crippen molar-refractivity contribution in [3.8, 4) is 12.3 Å². The molecule has 0 N–H and O–H groups in total. The summed E-state index contributed by atoms with van der Waals surface area (Å²) in [4.78, 5) is 2.52. The van der Waals surface area contributed by atoms with E-state index >= 15 is 0 Å². The first-order valence-electron chi connectivity index (χ1n) is 4.69. The van der Waals surface area contributed by atoms with Gasteiger partial charge in [-0.1, -0.05) is 0 Å². The van der Waals surface area contributed by atoms with E-state index < -0.39 is 0 Å². The number of hydrogen-bond donors (Lipinski definition) is 0. The molecule has 2 fully saturated rings. The Morgan fingerprint density at radius 1 is 1.58 bits per heavy atom. The molecule has 2 bridgehead atoms. The van der Waals surface area contributed by atoms with Gasteiger partial charge in [0.1, 0.15) is 0 Å². The van der Waals surface area contributed by atoms with Crippen molar-refractivity contribution < 1.29 is 4.74 Å². The third kappa shape index (κ3) is 1.48. The summed E-state index contributed by atoms with van der Waals surface area (Å²) in [5.41, 5.74) is 0. The number of hydrogen-bond acceptors (Lipinski definition) is 2. The maximum absolute atomic E-state index is 5.51. The Morgan fingerprint density at radius 3 is 3.08 bits per heavy atom. The molecule has 0 spiro atoms. The van der Waals surface area contributed by atoms with Gasteiger partial charge < -0.3 is 4.74 Å². The minimum atomic E-state index is 0.529. The van der Waals surface area contributed by atoms with Crippen LogP contribution in [0.2, 0.25) is 0 Å². The molecular formula is C10H15NO. The molecule has 2 rings (SSSR count). The van der Waals surface area contributed by atoms with Crippen molar-refractivity contribution in [2.24, 2.45) is 0 Å². The molecule has 2 atom stereocenters. The van der Waals surface area contributed by atoms with Crippen molar-refractivity contribution in [2.45, 2.75) is 31.4 Å². The van der Waals surface area contributed by atoms with Gasteiger partial charge in [-0.25, -0.2) is 0 Å². The summed E-state index contributed by atoms with van der Waals surface area (Å²) in [7, 11) is 0. The van der Waals surface area contributed by atoms with E-state index in [-0.39, 0.29) is 0 Å². The first kappa shape index (κ1) is 8.10. The largest absolute Gasteiger partial charge is 0.375 e. The quantitative estimate of drug-likeness (QED) is 0.454. The molecule has 0 aromatic rings. The van der Waals surface area contributed by atoms with E-state index in [2.05, 4.69) is 10.8 Å². The molecule has 0 saturated carbocycles. The lowest BCUT2D eigenvalue weighted by molar-refractivity contribution is 0.0304. The Labute approximate surface area is 73.9 Å². The third-order valence-electron chi connectivity index (χ3n) is 2.78. The number of fused-ring (bicyclic) bond motifs is 2. The Kier molecular flexibility index (Phi) is 2.34. The number of terminal acetylenes is 1. The first-order valence-corrected chi connectivity index (χ1v) is 4.69. The summed E-state index contributed by atoms with van der Waals surface area (Å²) >= 11 is 0. The minimum Gasteiger partial charge on any atom is -0.375 e. The summed E-state index contributed by atoms with van der Waals surface area (Å²) in [6.07, 6.45) is 9.02. The Bertz CT molecular complexity index is 197. The van der Waals surface area contributed by atoms with Crippen molar-refractivity contribution in [2.75, 3.05) is 19.7 Å². The normalized spacial score (nSPS) is 33.9. The summed E-state index contributed by atoms with van der Waals surface area (Å²) in [6.45, 7) is 3.24. The molecule has 0 aromatic heterocycles. The van der Waals surface area contributed by atoms with Crippen LogP contribution in [0, 0.1) is 12.3 Å². The van der Waals surface area contributed by atoms with Gasteiger partial charge in [0.25, 0.3) is 0 Å². The lowest BCUT2D eigenvalue weighted by Gasteiger charge is -2.26. The van der Waals surface area contributed by atoms with Crippen LogP contribution in [0.1, 0.15) is 19.3 Å². The maximum Gasteiger partial charge on any atom is 0.0718 e. The number of likely N-dealkylation sites (tertiary alicyclic amines) is 1. The maximum atomic E-state index is 5.51. The Morgan fingerprint density at radius 2 is 2.50 bits per heavy atom. The van der Waals surface area contributed by atoms with Crippen LogP contribution in [0.5, 0.6) is 0 Å². The van der Waals surface area contributed by atoms with Gasteiger partial charge in [-0.3, -0.25) is 4.90 Å². The number of rotatable bonds is 3. The molecule has 2 unspecified atom stereocenters. The zero-order valence-corrected chi connectivity index (χ0v) is 7.33. The van der Waals surface area contributed by atoms with Crippen LogP contribution < -0.4 is 0 Å². The Hall–Kier alpha value is -0.520. The van der Waals surface area contributed by atoms with E-state index in [0.29, 0.717) is 12.1 Å². The molecule has 0 aliphatic carbocycles. The monoisotopic (exact) mass is 165 g/mol. The SMILES string of the molecule is C#CCCCN1CC2CC1CO2. The molecular weight excluding hydrogens is 150 g/mol. The van der Waals surface area contributed by atoms with Crippen LogP contribution in [-0.4, -0.2) is 36.7 Å². The number of nitrogens with zero attached hydrogens (tertiary/aromatic N) is 1. The summed E-state index contributed by atoms with van der Waals surface area (Å²) in [5.74, 6) is 2.68. The molecule has 0 amide bonds. The average Bonchev–Trinajstić information content (AvgIpc) is 2.65. The van der Waals surface area contributed by atoms with Gasteiger partial charge in [-0.05, 0) is 19.4 Å². The lowest BCUT2D eigenvalue weighted by Crippen LogP contribution is -2.37. The smallest absolute Gasteiger partial charge is 0.0718 e. The fourth-order valence-electron chi connectivity index (χ4n) is 2.14. The number of unbranched alkanes of at least 4 members (excludes halogenated alkanes) is 1. The van der Waals surface area contributed by atoms with Gasteiger partial charge in [0, 0.05) is 19.0 Å². The van der Waals surface area contributed by atoms with Crippen molar-refractivity contribution in [1.82, 2.24) is 4.90 Å². The van der Waals surface area contributed by atoms with E-state index in [0.717, 1.165) is 32.5 Å². The fourth-order valence-corrected chi connectivity index (χ4v) is 2.14. The van der Waals surface area contributed by atoms with E-state index in [1.807, 2.05) is 0 Å². The Balaban J connectivity index is 1.73. The summed E-state index contributed by atoms with van der Waals surface area (Å²) < 4.78 is 5.51. The molecule has 66 valence electrons. The molecule has 2 heteroatoms. The van der Waals surface area contributed by atoms with Crippen molar-refractivity contribution in [3.63, 3.8) is 0 Å². The van der Waals surface area contributed by atoms with Gasteiger partial charge in [-0.15, -0.1) is 12.3 Å². The molecule has 2 nitrogen and oxygen atoms in total. The van der Waals surface area contributed by atoms with Crippen LogP contribution >= 0.6 is 0 Å². The van der Waals surface area contributed by atoms with Crippen molar-refractivity contribution in [3.05, 3.63) is 0 Å². The van der Waals surface area contributed by atoms with Crippen LogP contribution in [0.25, 0.3) is 0 Å². The highest BCUT2D eigenvalue weighted by atomic mass is 16.5. The highest BCUT2D eigenvalue weighted by Gasteiger charge is 2.38. The second-order valence-corrected chi connectivity index (χ2v) is 3.65.